The molecule has 6 amide bonds. The molecule has 3 atom stereocenters. The standard InChI is InChI=1S/C43H49ClN10O5/c1-27-26-53(28(2)25-52(27)33-5-3-30(23-45)36(44)22-33)43(59)47-31-4-9-38(46-24-31)51-15-12-29(13-16-51)11-14-49-17-19-50(20-18-49)32-6-7-34-35(21-32)42(58)54(41(34)57)37-8-10-39(55)48-40(37)56/h3-7,9,21-22,24,27-29,37H,8,10-20,25-26H2,1-2H3,(H,47,59)(H,48,55,56)/t27-,28+,37+/m0/s1. The van der Waals surface area contributed by atoms with Gasteiger partial charge in [0, 0.05) is 82.2 Å². The number of piperazine rings is 2. The Bertz CT molecular complexity index is 2180. The molecule has 15 nitrogen and oxygen atoms in total. The zero-order chi connectivity index (χ0) is 41.4. The molecule has 16 heteroatoms. The van der Waals surface area contributed by atoms with Crippen molar-refractivity contribution in [3.05, 3.63) is 76.4 Å². The molecule has 3 aromatic rings. The quantitative estimate of drug-likeness (QED) is 0.306. The molecule has 0 spiro atoms. The minimum Gasteiger partial charge on any atom is -0.369 e. The van der Waals surface area contributed by atoms with Gasteiger partial charge in [-0.15, -0.1) is 0 Å². The first-order chi connectivity index (χ1) is 28.5. The van der Waals surface area contributed by atoms with Crippen molar-refractivity contribution in [1.82, 2.24) is 25.0 Å². The molecule has 2 aromatic carbocycles. The molecule has 4 fully saturated rings. The Labute approximate surface area is 348 Å². The molecule has 5 aliphatic heterocycles. The number of nitrogens with zero attached hydrogens (tertiary/aromatic N) is 8. The number of imide groups is 2. The van der Waals surface area contributed by atoms with E-state index < -0.39 is 29.7 Å². The van der Waals surface area contributed by atoms with Crippen molar-refractivity contribution in [2.24, 2.45) is 5.92 Å². The highest BCUT2D eigenvalue weighted by Crippen LogP contribution is 2.32. The lowest BCUT2D eigenvalue weighted by atomic mass is 9.93. The van der Waals surface area contributed by atoms with Crippen molar-refractivity contribution in [1.29, 1.82) is 5.26 Å². The second kappa shape index (κ2) is 16.9. The number of halogens is 1. The van der Waals surface area contributed by atoms with Crippen LogP contribution < -0.4 is 25.3 Å². The monoisotopic (exact) mass is 820 g/mol. The van der Waals surface area contributed by atoms with Crippen molar-refractivity contribution >= 4 is 64.1 Å². The van der Waals surface area contributed by atoms with E-state index in [9.17, 15) is 29.2 Å². The second-order valence-electron chi connectivity index (χ2n) is 16.3. The van der Waals surface area contributed by atoms with Gasteiger partial charge in [0.25, 0.3) is 11.8 Å². The van der Waals surface area contributed by atoms with Gasteiger partial charge in [-0.05, 0) is 101 Å². The van der Waals surface area contributed by atoms with E-state index in [1.165, 1.54) is 0 Å². The van der Waals surface area contributed by atoms with Crippen LogP contribution in [0.15, 0.2) is 54.7 Å². The topological polar surface area (TPSA) is 166 Å². The molecule has 8 rings (SSSR count). The van der Waals surface area contributed by atoms with Crippen LogP contribution in [0, 0.1) is 17.2 Å². The lowest BCUT2D eigenvalue weighted by Crippen LogP contribution is -2.59. The van der Waals surface area contributed by atoms with E-state index in [1.807, 2.05) is 42.2 Å². The number of nitriles is 1. The summed E-state index contributed by atoms with van der Waals surface area (Å²) in [4.78, 5) is 80.7. The second-order valence-corrected chi connectivity index (χ2v) is 16.7. The Kier molecular flexibility index (Phi) is 11.5. The van der Waals surface area contributed by atoms with Crippen LogP contribution in [-0.4, -0.2) is 126 Å². The molecule has 0 aliphatic carbocycles. The molecule has 59 heavy (non-hydrogen) atoms. The summed E-state index contributed by atoms with van der Waals surface area (Å²) in [5, 5.41) is 14.9. The predicted octanol–water partition coefficient (Wildman–Crippen LogP) is 4.57. The number of anilines is 4. The summed E-state index contributed by atoms with van der Waals surface area (Å²) >= 11 is 6.30. The molecule has 4 saturated heterocycles. The molecule has 2 N–H and O–H groups in total. The molecule has 1 aromatic heterocycles. The molecule has 0 saturated carbocycles. The highest BCUT2D eigenvalue weighted by atomic mass is 35.5. The van der Waals surface area contributed by atoms with Crippen LogP contribution in [0.2, 0.25) is 5.02 Å². The molecule has 0 bridgehead atoms. The van der Waals surface area contributed by atoms with Crippen molar-refractivity contribution in [3.8, 4) is 6.07 Å². The first-order valence-electron chi connectivity index (χ1n) is 20.5. The maximum absolute atomic E-state index is 13.4. The van der Waals surface area contributed by atoms with Gasteiger partial charge >= 0.3 is 6.03 Å². The van der Waals surface area contributed by atoms with Crippen molar-refractivity contribution in [2.75, 3.05) is 78.9 Å². The Balaban J connectivity index is 0.758. The zero-order valence-electron chi connectivity index (χ0n) is 33.4. The molecule has 308 valence electrons. The number of fused-ring (bicyclic) bond motifs is 1. The number of hydrogen-bond acceptors (Lipinski definition) is 11. The zero-order valence-corrected chi connectivity index (χ0v) is 34.2. The van der Waals surface area contributed by atoms with E-state index >= 15 is 0 Å². The van der Waals surface area contributed by atoms with Crippen LogP contribution in [0.5, 0.6) is 0 Å². The van der Waals surface area contributed by atoms with Gasteiger partial charge < -0.3 is 24.9 Å². The third-order valence-electron chi connectivity index (χ3n) is 12.6. The maximum Gasteiger partial charge on any atom is 0.322 e. The van der Waals surface area contributed by atoms with Crippen LogP contribution in [0.1, 0.15) is 72.2 Å². The Morgan fingerprint density at radius 2 is 1.61 bits per heavy atom. The number of pyridine rings is 1. The summed E-state index contributed by atoms with van der Waals surface area (Å²) < 4.78 is 0. The fourth-order valence-electron chi connectivity index (χ4n) is 9.09. The summed E-state index contributed by atoms with van der Waals surface area (Å²) in [6, 6.07) is 15.7. The number of benzene rings is 2. The van der Waals surface area contributed by atoms with E-state index in [4.69, 9.17) is 16.6 Å². The van der Waals surface area contributed by atoms with Crippen LogP contribution in [0.3, 0.4) is 0 Å². The lowest BCUT2D eigenvalue weighted by Gasteiger charge is -2.45. The highest BCUT2D eigenvalue weighted by Gasteiger charge is 2.45. The number of amides is 6. The highest BCUT2D eigenvalue weighted by molar-refractivity contribution is 6.32. The summed E-state index contributed by atoms with van der Waals surface area (Å²) in [7, 11) is 0. The van der Waals surface area contributed by atoms with E-state index in [-0.39, 0.29) is 31.0 Å². The Morgan fingerprint density at radius 3 is 2.31 bits per heavy atom. The fraction of sp³-hybridized carbons (Fsp3) is 0.465. The van der Waals surface area contributed by atoms with Gasteiger partial charge in [-0.2, -0.15) is 5.26 Å². The van der Waals surface area contributed by atoms with Gasteiger partial charge in [-0.3, -0.25) is 34.3 Å². The summed E-state index contributed by atoms with van der Waals surface area (Å²) in [6.07, 6.45) is 5.28. The van der Waals surface area contributed by atoms with Crippen LogP contribution in [0.25, 0.3) is 0 Å². The average molecular weight is 821 g/mol. The first kappa shape index (κ1) is 40.1. The molecule has 0 radical (unpaired) electrons. The van der Waals surface area contributed by atoms with E-state index in [0.717, 1.165) is 87.2 Å². The van der Waals surface area contributed by atoms with Gasteiger partial charge in [-0.25, -0.2) is 9.78 Å². The molecule has 0 unspecified atom stereocenters. The normalized spacial score (nSPS) is 23.0. The van der Waals surface area contributed by atoms with E-state index in [2.05, 4.69) is 43.2 Å². The van der Waals surface area contributed by atoms with Gasteiger partial charge in [0.2, 0.25) is 11.8 Å². The molecule has 5 aliphatic rings. The van der Waals surface area contributed by atoms with Crippen molar-refractivity contribution in [3.63, 3.8) is 0 Å². The van der Waals surface area contributed by atoms with Crippen molar-refractivity contribution in [2.45, 2.75) is 64.1 Å². The number of urea groups is 1. The Morgan fingerprint density at radius 1 is 0.864 bits per heavy atom. The fourth-order valence-corrected chi connectivity index (χ4v) is 9.30. The number of nitrogens with one attached hydrogen (secondary N) is 2. The SMILES string of the molecule is C[C@@H]1CN(c2ccc(C#N)c(Cl)c2)[C@@H](C)CN1C(=O)Nc1ccc(N2CCC(CCN3CCN(c4ccc5c(c4)C(=O)N([C@@H]4CCC(=O)NC4=O)C5=O)CC3)CC2)nc1. The largest absolute Gasteiger partial charge is 0.369 e. The van der Waals surface area contributed by atoms with Crippen LogP contribution in [-0.2, 0) is 9.59 Å². The number of hydrogen-bond donors (Lipinski definition) is 2. The smallest absolute Gasteiger partial charge is 0.322 e. The van der Waals surface area contributed by atoms with Gasteiger partial charge in [0.05, 0.1) is 33.6 Å². The minimum absolute atomic E-state index is 0.0423. The molecular weight excluding hydrogens is 772 g/mol. The minimum atomic E-state index is -0.971. The summed E-state index contributed by atoms with van der Waals surface area (Å²) in [5.41, 5.74) is 3.53. The number of rotatable bonds is 8. The summed E-state index contributed by atoms with van der Waals surface area (Å²) in [6.45, 7) is 11.6. The maximum atomic E-state index is 13.4. The van der Waals surface area contributed by atoms with Gasteiger partial charge in [0.15, 0.2) is 0 Å². The van der Waals surface area contributed by atoms with Gasteiger partial charge in [-0.1, -0.05) is 11.6 Å². The third-order valence-corrected chi connectivity index (χ3v) is 12.9. The van der Waals surface area contributed by atoms with Crippen molar-refractivity contribution < 1.29 is 24.0 Å². The number of piperidine rings is 2. The molecular formula is C43H49ClN10O5. The summed E-state index contributed by atoms with van der Waals surface area (Å²) in [5.74, 6) is -0.424. The molecule has 6 heterocycles. The number of aromatic nitrogens is 1. The number of carbonyl (C=O) groups is 5. The third kappa shape index (κ3) is 8.29. The Hall–Kier alpha value is -5.72. The van der Waals surface area contributed by atoms with E-state index in [1.54, 1.807) is 24.4 Å². The average Bonchev–Trinajstić information content (AvgIpc) is 3.49. The first-order valence-corrected chi connectivity index (χ1v) is 20.9. The van der Waals surface area contributed by atoms with Gasteiger partial charge in [0.1, 0.15) is 17.9 Å². The predicted molar refractivity (Wildman–Crippen MR) is 224 cm³/mol. The van der Waals surface area contributed by atoms with Crippen LogP contribution >= 0.6 is 11.6 Å². The van der Waals surface area contributed by atoms with Crippen LogP contribution in [0.4, 0.5) is 27.7 Å². The van der Waals surface area contributed by atoms with E-state index in [0.29, 0.717) is 46.4 Å². The number of carbonyl (C=O) groups excluding carboxylic acids is 5. The lowest BCUT2D eigenvalue weighted by molar-refractivity contribution is -0.136.